The van der Waals surface area contributed by atoms with Crippen LogP contribution in [0.15, 0.2) is 23.1 Å². The monoisotopic (exact) mass is 181 g/mol. The van der Waals surface area contributed by atoms with Crippen molar-refractivity contribution in [1.82, 2.24) is 0 Å². The number of anilines is 1. The van der Waals surface area contributed by atoms with Gasteiger partial charge in [0.05, 0.1) is 5.56 Å². The molecule has 0 amide bonds. The third kappa shape index (κ3) is 1.61. The topological polar surface area (TPSA) is 89.9 Å². The Balaban J connectivity index is 3.32. The second kappa shape index (κ2) is 3.34. The molecule has 0 bridgehead atoms. The van der Waals surface area contributed by atoms with Crippen molar-refractivity contribution in [3.63, 3.8) is 0 Å². The van der Waals surface area contributed by atoms with Crippen LogP contribution in [0.4, 0.5) is 5.69 Å². The molecule has 1 atom stereocenters. The molecule has 5 heteroatoms. The first-order valence-electron chi connectivity index (χ1n) is 3.04. The maximum absolute atomic E-state index is 10.5. The van der Waals surface area contributed by atoms with Gasteiger partial charge in [-0.3, -0.25) is 4.21 Å². The molecule has 2 N–H and O–H groups in total. The predicted octanol–water partition coefficient (Wildman–Crippen LogP) is 0.378. The van der Waals surface area contributed by atoms with Crippen LogP contribution in [0.5, 0.6) is 0 Å². The first-order chi connectivity index (χ1) is 5.65. The Morgan fingerprint density at radius 2 is 2.25 bits per heavy atom. The van der Waals surface area contributed by atoms with Gasteiger partial charge < -0.3 is 10.3 Å². The fourth-order valence-electron chi connectivity index (χ4n) is 0.780. The third-order valence-corrected chi connectivity index (χ3v) is 2.02. The van der Waals surface area contributed by atoms with Crippen LogP contribution >= 0.6 is 0 Å². The van der Waals surface area contributed by atoms with Gasteiger partial charge in [0, 0.05) is 10.6 Å². The number of benzene rings is 1. The highest BCUT2D eigenvalue weighted by molar-refractivity contribution is 7.79. The Kier molecular flexibility index (Phi) is 2.43. The second-order valence-electron chi connectivity index (χ2n) is 2.10. The number of rotatable bonds is 1. The van der Waals surface area contributed by atoms with Gasteiger partial charge in [0.15, 0.2) is 0 Å². The molecular formula is C7H5N2O2S-. The molecule has 4 nitrogen and oxygen atoms in total. The van der Waals surface area contributed by atoms with Crippen molar-refractivity contribution < 1.29 is 8.76 Å². The maximum atomic E-state index is 10.5. The van der Waals surface area contributed by atoms with Crippen molar-refractivity contribution in [1.29, 1.82) is 5.26 Å². The number of nitrogen functional groups attached to an aromatic ring is 1. The van der Waals surface area contributed by atoms with Crippen LogP contribution in [-0.4, -0.2) is 8.76 Å². The molecule has 1 unspecified atom stereocenters. The fraction of sp³-hybridized carbons (Fsp3) is 0. The van der Waals surface area contributed by atoms with Crippen LogP contribution in [0.2, 0.25) is 0 Å². The minimum absolute atomic E-state index is 0.0216. The average Bonchev–Trinajstić information content (AvgIpc) is 2.03. The van der Waals surface area contributed by atoms with Crippen LogP contribution in [0.3, 0.4) is 0 Å². The fourth-order valence-corrected chi connectivity index (χ4v) is 1.24. The number of nitriles is 1. The summed E-state index contributed by atoms with van der Waals surface area (Å²) in [5.41, 5.74) is 5.80. The minimum atomic E-state index is -2.38. The Bertz CT molecular complexity index is 370. The van der Waals surface area contributed by atoms with E-state index in [4.69, 9.17) is 11.0 Å². The van der Waals surface area contributed by atoms with E-state index >= 15 is 0 Å². The Morgan fingerprint density at radius 1 is 1.58 bits per heavy atom. The Hall–Kier alpha value is -1.38. The summed E-state index contributed by atoms with van der Waals surface area (Å²) in [6, 6.07) is 5.81. The molecule has 0 spiro atoms. The highest BCUT2D eigenvalue weighted by Gasteiger charge is 2.01. The second-order valence-corrected chi connectivity index (χ2v) is 3.01. The first-order valence-corrected chi connectivity index (χ1v) is 4.11. The number of hydrogen-bond acceptors (Lipinski definition) is 4. The SMILES string of the molecule is N#Cc1cc(N)ccc1S(=O)[O-]. The maximum Gasteiger partial charge on any atom is 0.100 e. The van der Waals surface area contributed by atoms with E-state index < -0.39 is 11.1 Å². The van der Waals surface area contributed by atoms with Gasteiger partial charge in [-0.05, 0) is 29.3 Å². The Morgan fingerprint density at radius 3 is 2.75 bits per heavy atom. The molecule has 0 aliphatic carbocycles. The summed E-state index contributed by atoms with van der Waals surface area (Å²) in [7, 11) is 0. The number of nitrogens with zero attached hydrogens (tertiary/aromatic N) is 1. The van der Waals surface area contributed by atoms with Crippen LogP contribution < -0.4 is 5.73 Å². The molecular weight excluding hydrogens is 176 g/mol. The van der Waals surface area contributed by atoms with Gasteiger partial charge >= 0.3 is 0 Å². The summed E-state index contributed by atoms with van der Waals surface area (Å²) in [6.07, 6.45) is 0. The van der Waals surface area contributed by atoms with Crippen LogP contribution in [0.1, 0.15) is 5.56 Å². The van der Waals surface area contributed by atoms with Gasteiger partial charge in [-0.25, -0.2) is 0 Å². The molecule has 0 heterocycles. The molecule has 0 aliphatic rings. The Labute approximate surface area is 71.9 Å². The lowest BCUT2D eigenvalue weighted by molar-refractivity contribution is 0.537. The summed E-state index contributed by atoms with van der Waals surface area (Å²) in [4.78, 5) is -0.0216. The molecule has 0 radical (unpaired) electrons. The third-order valence-electron chi connectivity index (χ3n) is 1.30. The van der Waals surface area contributed by atoms with Crippen molar-refractivity contribution >= 4 is 16.8 Å². The summed E-state index contributed by atoms with van der Waals surface area (Å²) < 4.78 is 21.0. The molecule has 0 aliphatic heterocycles. The van der Waals surface area contributed by atoms with Crippen molar-refractivity contribution in [2.24, 2.45) is 0 Å². The first kappa shape index (κ1) is 8.71. The van der Waals surface area contributed by atoms with E-state index in [1.807, 2.05) is 0 Å². The van der Waals surface area contributed by atoms with Crippen molar-refractivity contribution in [3.8, 4) is 6.07 Å². The van der Waals surface area contributed by atoms with Gasteiger partial charge in [0.2, 0.25) is 0 Å². The zero-order valence-corrected chi connectivity index (χ0v) is 6.80. The summed E-state index contributed by atoms with van der Waals surface area (Å²) >= 11 is -2.38. The quantitative estimate of drug-likeness (QED) is 0.501. The molecule has 1 aromatic rings. The average molecular weight is 181 g/mol. The normalized spacial score (nSPS) is 12.0. The molecule has 12 heavy (non-hydrogen) atoms. The van der Waals surface area contributed by atoms with Gasteiger partial charge in [-0.15, -0.1) is 0 Å². The summed E-state index contributed by atoms with van der Waals surface area (Å²) in [5, 5.41) is 8.51. The van der Waals surface area contributed by atoms with E-state index in [0.29, 0.717) is 5.69 Å². The number of nitrogens with two attached hydrogens (primary N) is 1. The van der Waals surface area contributed by atoms with Crippen LogP contribution in [0, 0.1) is 11.3 Å². The minimum Gasteiger partial charge on any atom is -0.768 e. The van der Waals surface area contributed by atoms with Gasteiger partial charge in [-0.2, -0.15) is 5.26 Å². The zero-order valence-electron chi connectivity index (χ0n) is 5.98. The van der Waals surface area contributed by atoms with Crippen LogP contribution in [0.25, 0.3) is 0 Å². The van der Waals surface area contributed by atoms with Gasteiger partial charge in [-0.1, -0.05) is 0 Å². The lowest BCUT2D eigenvalue weighted by Gasteiger charge is -2.06. The molecule has 0 aromatic heterocycles. The predicted molar refractivity (Wildman–Crippen MR) is 42.8 cm³/mol. The van der Waals surface area contributed by atoms with E-state index in [1.165, 1.54) is 18.2 Å². The molecule has 0 fully saturated rings. The number of hydrogen-bond donors (Lipinski definition) is 1. The molecule has 0 saturated heterocycles. The summed E-state index contributed by atoms with van der Waals surface area (Å²) in [5.74, 6) is 0. The van der Waals surface area contributed by atoms with E-state index in [2.05, 4.69) is 0 Å². The molecule has 1 rings (SSSR count). The summed E-state index contributed by atoms with van der Waals surface area (Å²) in [6.45, 7) is 0. The van der Waals surface area contributed by atoms with E-state index in [0.717, 1.165) is 0 Å². The standard InChI is InChI=1S/C7H6N2O2S/c8-4-5-3-6(9)1-2-7(5)12(10)11/h1-3H,9H2,(H,10,11)/p-1. The van der Waals surface area contributed by atoms with Crippen molar-refractivity contribution in [2.75, 3.05) is 5.73 Å². The smallest absolute Gasteiger partial charge is 0.100 e. The zero-order chi connectivity index (χ0) is 9.14. The molecule has 62 valence electrons. The highest BCUT2D eigenvalue weighted by atomic mass is 32.2. The van der Waals surface area contributed by atoms with E-state index in [-0.39, 0.29) is 10.5 Å². The van der Waals surface area contributed by atoms with Gasteiger partial charge in [0.25, 0.3) is 0 Å². The van der Waals surface area contributed by atoms with Crippen molar-refractivity contribution in [3.05, 3.63) is 23.8 Å². The molecule has 0 saturated carbocycles. The van der Waals surface area contributed by atoms with Crippen LogP contribution in [-0.2, 0) is 11.1 Å². The van der Waals surface area contributed by atoms with Crippen molar-refractivity contribution in [2.45, 2.75) is 4.90 Å². The highest BCUT2D eigenvalue weighted by Crippen LogP contribution is 2.14. The lowest BCUT2D eigenvalue weighted by Crippen LogP contribution is -1.95. The largest absolute Gasteiger partial charge is 0.768 e. The van der Waals surface area contributed by atoms with Gasteiger partial charge in [0.1, 0.15) is 6.07 Å². The van der Waals surface area contributed by atoms with E-state index in [1.54, 1.807) is 6.07 Å². The van der Waals surface area contributed by atoms with E-state index in [9.17, 15) is 8.76 Å². The molecule has 1 aromatic carbocycles. The lowest BCUT2D eigenvalue weighted by atomic mass is 10.2.